The van der Waals surface area contributed by atoms with Crippen molar-refractivity contribution in [1.29, 1.82) is 0 Å². The van der Waals surface area contributed by atoms with Gasteiger partial charge in [-0.25, -0.2) is 0 Å². The lowest BCUT2D eigenvalue weighted by Gasteiger charge is -2.32. The van der Waals surface area contributed by atoms with Crippen molar-refractivity contribution < 1.29 is 5.11 Å². The molecule has 0 aliphatic carbocycles. The Hall–Kier alpha value is -1.13. The number of rotatable bonds is 10. The lowest BCUT2D eigenvalue weighted by atomic mass is 10.1. The van der Waals surface area contributed by atoms with Crippen molar-refractivity contribution in [2.24, 2.45) is 0 Å². The highest BCUT2D eigenvalue weighted by Gasteiger charge is 2.16. The first kappa shape index (κ1) is 17.9. The van der Waals surface area contributed by atoms with Gasteiger partial charge in [-0.15, -0.1) is 0 Å². The number of aromatic nitrogens is 1. The average Bonchev–Trinajstić information content (AvgIpc) is 2.53. The number of pyridine rings is 1. The zero-order valence-electron chi connectivity index (χ0n) is 14.0. The Morgan fingerprint density at radius 2 is 1.95 bits per heavy atom. The average molecular weight is 293 g/mol. The summed E-state index contributed by atoms with van der Waals surface area (Å²) in [5.41, 5.74) is 2.17. The number of nitrogens with one attached hydrogen (secondary N) is 1. The minimum atomic E-state index is 0.173. The van der Waals surface area contributed by atoms with E-state index in [1.165, 1.54) is 0 Å². The largest absolute Gasteiger partial charge is 0.395 e. The number of aliphatic hydroxyl groups excluding tert-OH is 1. The molecule has 1 aromatic heterocycles. The molecule has 1 rings (SSSR count). The Labute approximate surface area is 129 Å². The maximum absolute atomic E-state index is 9.31. The van der Waals surface area contributed by atoms with Crippen LogP contribution < -0.4 is 10.2 Å². The maximum atomic E-state index is 9.31. The number of aliphatic hydroxyl groups is 1. The fourth-order valence-electron chi connectivity index (χ4n) is 2.65. The third-order valence-electron chi connectivity index (χ3n) is 3.97. The van der Waals surface area contributed by atoms with Gasteiger partial charge in [0.05, 0.1) is 24.2 Å². The van der Waals surface area contributed by atoms with Gasteiger partial charge >= 0.3 is 0 Å². The molecule has 0 spiro atoms. The summed E-state index contributed by atoms with van der Waals surface area (Å²) >= 11 is 0. The number of nitrogens with zero attached hydrogens (tertiary/aromatic N) is 2. The summed E-state index contributed by atoms with van der Waals surface area (Å²) in [7, 11) is 0. The highest BCUT2D eigenvalue weighted by atomic mass is 16.3. The first-order valence-corrected chi connectivity index (χ1v) is 8.24. The zero-order chi connectivity index (χ0) is 15.7. The van der Waals surface area contributed by atoms with Crippen LogP contribution >= 0.6 is 0 Å². The predicted octanol–water partition coefficient (Wildman–Crippen LogP) is 3.13. The standard InChI is InChI=1S/C17H31N3O/c1-5-10-18-14(4)17-9-8-16(13-19-17)20(11-12-21)15(6-2)7-3/h8-9,13-15,18,21H,5-7,10-12H2,1-4H3. The lowest BCUT2D eigenvalue weighted by Crippen LogP contribution is -2.36. The molecule has 0 bridgehead atoms. The van der Waals surface area contributed by atoms with E-state index >= 15 is 0 Å². The molecule has 120 valence electrons. The molecule has 0 amide bonds. The van der Waals surface area contributed by atoms with E-state index in [0.717, 1.165) is 37.2 Å². The molecule has 0 aliphatic heterocycles. The van der Waals surface area contributed by atoms with Crippen molar-refractivity contribution in [3.8, 4) is 0 Å². The van der Waals surface area contributed by atoms with Crippen LogP contribution in [0.1, 0.15) is 58.7 Å². The molecule has 0 radical (unpaired) electrons. The summed E-state index contributed by atoms with van der Waals surface area (Å²) in [4.78, 5) is 6.86. The van der Waals surface area contributed by atoms with E-state index in [1.807, 2.05) is 6.20 Å². The minimum absolute atomic E-state index is 0.173. The molecule has 1 heterocycles. The van der Waals surface area contributed by atoms with Gasteiger partial charge in [-0.3, -0.25) is 4.98 Å². The van der Waals surface area contributed by atoms with E-state index < -0.39 is 0 Å². The highest BCUT2D eigenvalue weighted by molar-refractivity contribution is 5.46. The number of hydrogen-bond donors (Lipinski definition) is 2. The van der Waals surface area contributed by atoms with Crippen LogP contribution in [0.15, 0.2) is 18.3 Å². The van der Waals surface area contributed by atoms with Crippen LogP contribution in [-0.4, -0.2) is 35.8 Å². The highest BCUT2D eigenvalue weighted by Crippen LogP contribution is 2.21. The summed E-state index contributed by atoms with van der Waals surface area (Å²) in [5, 5.41) is 12.8. The van der Waals surface area contributed by atoms with E-state index in [2.05, 4.69) is 55.0 Å². The molecule has 2 N–H and O–H groups in total. The maximum Gasteiger partial charge on any atom is 0.0606 e. The van der Waals surface area contributed by atoms with Gasteiger partial charge in [0.1, 0.15) is 0 Å². The second kappa shape index (κ2) is 9.74. The summed E-state index contributed by atoms with van der Waals surface area (Å²) < 4.78 is 0. The normalized spacial score (nSPS) is 12.7. The van der Waals surface area contributed by atoms with Gasteiger partial charge in [0.2, 0.25) is 0 Å². The number of anilines is 1. The fraction of sp³-hybridized carbons (Fsp3) is 0.706. The van der Waals surface area contributed by atoms with Gasteiger partial charge < -0.3 is 15.3 Å². The van der Waals surface area contributed by atoms with Crippen LogP contribution in [0, 0.1) is 0 Å². The van der Waals surface area contributed by atoms with Crippen LogP contribution in [0.2, 0.25) is 0 Å². The smallest absolute Gasteiger partial charge is 0.0606 e. The summed E-state index contributed by atoms with van der Waals surface area (Å²) in [6.45, 7) is 10.5. The molecular formula is C17H31N3O. The summed E-state index contributed by atoms with van der Waals surface area (Å²) in [5.74, 6) is 0. The van der Waals surface area contributed by atoms with Crippen LogP contribution in [0.5, 0.6) is 0 Å². The molecule has 4 heteroatoms. The molecule has 0 aromatic carbocycles. The Bertz CT molecular complexity index is 376. The summed E-state index contributed by atoms with van der Waals surface area (Å²) in [6, 6.07) is 4.95. The monoisotopic (exact) mass is 293 g/mol. The molecule has 1 aromatic rings. The van der Waals surface area contributed by atoms with Crippen molar-refractivity contribution in [2.45, 2.75) is 59.0 Å². The van der Waals surface area contributed by atoms with E-state index in [4.69, 9.17) is 0 Å². The van der Waals surface area contributed by atoms with Gasteiger partial charge in [0, 0.05) is 18.6 Å². The van der Waals surface area contributed by atoms with Gasteiger partial charge in [0.25, 0.3) is 0 Å². The third-order valence-corrected chi connectivity index (χ3v) is 3.97. The van der Waals surface area contributed by atoms with Crippen molar-refractivity contribution in [3.63, 3.8) is 0 Å². The fourth-order valence-corrected chi connectivity index (χ4v) is 2.65. The molecule has 1 atom stereocenters. The van der Waals surface area contributed by atoms with E-state index in [0.29, 0.717) is 12.6 Å². The van der Waals surface area contributed by atoms with Crippen molar-refractivity contribution in [2.75, 3.05) is 24.6 Å². The lowest BCUT2D eigenvalue weighted by molar-refractivity contribution is 0.296. The number of hydrogen-bond acceptors (Lipinski definition) is 4. The Kier molecular flexibility index (Phi) is 8.31. The quantitative estimate of drug-likeness (QED) is 0.696. The van der Waals surface area contributed by atoms with Gasteiger partial charge in [-0.05, 0) is 44.9 Å². The molecule has 0 fully saturated rings. The van der Waals surface area contributed by atoms with Crippen molar-refractivity contribution >= 4 is 5.69 Å². The van der Waals surface area contributed by atoms with Crippen LogP contribution in [0.25, 0.3) is 0 Å². The molecule has 21 heavy (non-hydrogen) atoms. The Morgan fingerprint density at radius 3 is 2.43 bits per heavy atom. The third kappa shape index (κ3) is 5.29. The topological polar surface area (TPSA) is 48.4 Å². The second-order valence-corrected chi connectivity index (χ2v) is 5.50. The summed E-state index contributed by atoms with van der Waals surface area (Å²) in [6.07, 6.45) is 5.22. The van der Waals surface area contributed by atoms with Gasteiger partial charge in [0.15, 0.2) is 0 Å². The van der Waals surface area contributed by atoms with Crippen molar-refractivity contribution in [1.82, 2.24) is 10.3 Å². The predicted molar refractivity (Wildman–Crippen MR) is 89.7 cm³/mol. The van der Waals surface area contributed by atoms with E-state index in [1.54, 1.807) is 0 Å². The molecular weight excluding hydrogens is 262 g/mol. The van der Waals surface area contributed by atoms with Crippen LogP contribution in [-0.2, 0) is 0 Å². The van der Waals surface area contributed by atoms with Gasteiger partial charge in [-0.2, -0.15) is 0 Å². The molecule has 0 saturated carbocycles. The van der Waals surface area contributed by atoms with Gasteiger partial charge in [-0.1, -0.05) is 20.8 Å². The van der Waals surface area contributed by atoms with Crippen molar-refractivity contribution in [3.05, 3.63) is 24.0 Å². The SMILES string of the molecule is CCCNC(C)c1ccc(N(CCO)C(CC)CC)cn1. The van der Waals surface area contributed by atoms with Crippen LogP contribution in [0.3, 0.4) is 0 Å². The Balaban J connectivity index is 2.82. The molecule has 4 nitrogen and oxygen atoms in total. The second-order valence-electron chi connectivity index (χ2n) is 5.50. The minimum Gasteiger partial charge on any atom is -0.395 e. The zero-order valence-corrected chi connectivity index (χ0v) is 14.0. The Morgan fingerprint density at radius 1 is 1.24 bits per heavy atom. The molecule has 0 aliphatic rings. The van der Waals surface area contributed by atoms with E-state index in [-0.39, 0.29) is 12.6 Å². The van der Waals surface area contributed by atoms with E-state index in [9.17, 15) is 5.11 Å². The first-order valence-electron chi connectivity index (χ1n) is 8.24. The first-order chi connectivity index (χ1) is 10.2. The van der Waals surface area contributed by atoms with Crippen LogP contribution in [0.4, 0.5) is 5.69 Å². The molecule has 0 saturated heterocycles. The molecule has 1 unspecified atom stereocenters.